The van der Waals surface area contributed by atoms with Gasteiger partial charge >= 0.3 is 0 Å². The lowest BCUT2D eigenvalue weighted by Crippen LogP contribution is -2.10. The smallest absolute Gasteiger partial charge is 0.145 e. The van der Waals surface area contributed by atoms with E-state index in [2.05, 4.69) is 217 Å². The van der Waals surface area contributed by atoms with Gasteiger partial charge in [0.25, 0.3) is 0 Å². The molecule has 0 aliphatic rings. The molecule has 0 atom stereocenters. The highest BCUT2D eigenvalue weighted by atomic mass is 16.3. The van der Waals surface area contributed by atoms with Crippen LogP contribution in [0, 0.1) is 0 Å². The Balaban J connectivity index is 1.15. The molecule has 0 saturated heterocycles. The third kappa shape index (κ3) is 5.26. The van der Waals surface area contributed by atoms with Gasteiger partial charge in [0, 0.05) is 27.7 Å². The predicted octanol–water partition coefficient (Wildman–Crippen LogP) is 15.5. The number of para-hydroxylation sites is 1. The largest absolute Gasteiger partial charge is 0.455 e. The van der Waals surface area contributed by atoms with Gasteiger partial charge in [-0.2, -0.15) is 0 Å². The third-order valence-corrected chi connectivity index (χ3v) is 11.2. The van der Waals surface area contributed by atoms with Crippen molar-refractivity contribution in [1.29, 1.82) is 0 Å². The monoisotopic (exact) mass is 713 g/mol. The molecule has 11 rings (SSSR count). The Morgan fingerprint density at radius 3 is 1.50 bits per heavy atom. The topological polar surface area (TPSA) is 16.4 Å². The van der Waals surface area contributed by atoms with Crippen LogP contribution in [0.1, 0.15) is 0 Å². The zero-order valence-corrected chi connectivity index (χ0v) is 30.6. The van der Waals surface area contributed by atoms with E-state index in [1.807, 2.05) is 0 Å². The van der Waals surface area contributed by atoms with Crippen molar-refractivity contribution in [3.05, 3.63) is 212 Å². The van der Waals surface area contributed by atoms with Gasteiger partial charge in [0.1, 0.15) is 11.2 Å². The van der Waals surface area contributed by atoms with Crippen LogP contribution in [0.5, 0.6) is 0 Å². The SMILES string of the molecule is c1ccc(-c2ccc(N(c3ccc(-c4cc5ccccc5c5ccccc45)cc3)c3cc4ccccc4c4oc5c(-c6ccccc6)cccc5c34)cc2)cc1. The summed E-state index contributed by atoms with van der Waals surface area (Å²) in [6, 6.07) is 76.3. The second kappa shape index (κ2) is 13.2. The number of nitrogens with zero attached hydrogens (tertiary/aromatic N) is 1. The molecule has 2 heteroatoms. The van der Waals surface area contributed by atoms with Crippen LogP contribution >= 0.6 is 0 Å². The minimum Gasteiger partial charge on any atom is -0.455 e. The first-order chi connectivity index (χ1) is 27.8. The molecule has 0 aliphatic heterocycles. The van der Waals surface area contributed by atoms with Crippen molar-refractivity contribution in [2.24, 2.45) is 0 Å². The molecule has 2 nitrogen and oxygen atoms in total. The lowest BCUT2D eigenvalue weighted by molar-refractivity contribution is 0.674. The molecule has 10 aromatic carbocycles. The highest BCUT2D eigenvalue weighted by Crippen LogP contribution is 2.48. The van der Waals surface area contributed by atoms with E-state index in [1.54, 1.807) is 0 Å². The fraction of sp³-hybridized carbons (Fsp3) is 0. The summed E-state index contributed by atoms with van der Waals surface area (Å²) in [6.45, 7) is 0. The molecule has 0 spiro atoms. The van der Waals surface area contributed by atoms with E-state index < -0.39 is 0 Å². The summed E-state index contributed by atoms with van der Waals surface area (Å²) in [5.41, 5.74) is 12.0. The molecule has 0 N–H and O–H groups in total. The van der Waals surface area contributed by atoms with Gasteiger partial charge in [0.15, 0.2) is 0 Å². The number of anilines is 3. The Labute approximate surface area is 325 Å². The molecule has 0 aliphatic carbocycles. The average Bonchev–Trinajstić information content (AvgIpc) is 3.68. The third-order valence-electron chi connectivity index (χ3n) is 11.2. The second-order valence-electron chi connectivity index (χ2n) is 14.5. The van der Waals surface area contributed by atoms with Crippen LogP contribution in [0.2, 0.25) is 0 Å². The molecule has 0 saturated carbocycles. The molecular formula is C54H35NO. The van der Waals surface area contributed by atoms with E-state index >= 15 is 0 Å². The van der Waals surface area contributed by atoms with Crippen molar-refractivity contribution < 1.29 is 4.42 Å². The van der Waals surface area contributed by atoms with E-state index in [-0.39, 0.29) is 0 Å². The van der Waals surface area contributed by atoms with Crippen molar-refractivity contribution in [2.45, 2.75) is 0 Å². The van der Waals surface area contributed by atoms with Gasteiger partial charge in [0.2, 0.25) is 0 Å². The first-order valence-electron chi connectivity index (χ1n) is 19.2. The van der Waals surface area contributed by atoms with Crippen molar-refractivity contribution in [1.82, 2.24) is 0 Å². The molecular weight excluding hydrogens is 679 g/mol. The van der Waals surface area contributed by atoms with Gasteiger partial charge in [-0.25, -0.2) is 0 Å². The Hall–Kier alpha value is -7.42. The lowest BCUT2D eigenvalue weighted by Gasteiger charge is -2.27. The summed E-state index contributed by atoms with van der Waals surface area (Å²) in [5.74, 6) is 0. The van der Waals surface area contributed by atoms with Crippen LogP contribution < -0.4 is 4.90 Å². The van der Waals surface area contributed by atoms with Crippen molar-refractivity contribution in [2.75, 3.05) is 4.90 Å². The van der Waals surface area contributed by atoms with Gasteiger partial charge in [-0.1, -0.05) is 176 Å². The van der Waals surface area contributed by atoms with Crippen molar-refractivity contribution in [3.8, 4) is 33.4 Å². The molecule has 11 aromatic rings. The Kier molecular flexibility index (Phi) is 7.53. The van der Waals surface area contributed by atoms with Gasteiger partial charge in [-0.15, -0.1) is 0 Å². The van der Waals surface area contributed by atoms with Crippen molar-refractivity contribution >= 4 is 71.3 Å². The van der Waals surface area contributed by atoms with E-state index in [1.165, 1.54) is 43.8 Å². The summed E-state index contributed by atoms with van der Waals surface area (Å²) in [7, 11) is 0. The summed E-state index contributed by atoms with van der Waals surface area (Å²) in [6.07, 6.45) is 0. The van der Waals surface area contributed by atoms with Crippen LogP contribution in [0.25, 0.3) is 87.6 Å². The highest BCUT2D eigenvalue weighted by molar-refractivity contribution is 6.23. The number of hydrogen-bond donors (Lipinski definition) is 0. The highest BCUT2D eigenvalue weighted by Gasteiger charge is 2.23. The first-order valence-corrected chi connectivity index (χ1v) is 19.2. The van der Waals surface area contributed by atoms with Crippen molar-refractivity contribution in [3.63, 3.8) is 0 Å². The minimum atomic E-state index is 0.890. The summed E-state index contributed by atoms with van der Waals surface area (Å²) in [4.78, 5) is 2.40. The molecule has 1 heterocycles. The average molecular weight is 714 g/mol. The van der Waals surface area contributed by atoms with E-state index in [4.69, 9.17) is 4.42 Å². The number of fused-ring (bicyclic) bond motifs is 8. The summed E-state index contributed by atoms with van der Waals surface area (Å²) in [5, 5.41) is 9.44. The maximum Gasteiger partial charge on any atom is 0.145 e. The van der Waals surface area contributed by atoms with E-state index in [9.17, 15) is 0 Å². The van der Waals surface area contributed by atoms with Crippen LogP contribution in [-0.2, 0) is 0 Å². The van der Waals surface area contributed by atoms with Gasteiger partial charge < -0.3 is 9.32 Å². The van der Waals surface area contributed by atoms with Crippen LogP contribution in [0.3, 0.4) is 0 Å². The minimum absolute atomic E-state index is 0.890. The molecule has 0 radical (unpaired) electrons. The lowest BCUT2D eigenvalue weighted by atomic mass is 9.93. The maximum atomic E-state index is 7.02. The fourth-order valence-electron chi connectivity index (χ4n) is 8.58. The summed E-state index contributed by atoms with van der Waals surface area (Å²) < 4.78 is 7.02. The predicted molar refractivity (Wildman–Crippen MR) is 237 cm³/mol. The van der Waals surface area contributed by atoms with Gasteiger partial charge in [0.05, 0.1) is 11.1 Å². The van der Waals surface area contributed by atoms with Gasteiger partial charge in [-0.05, 0) is 91.1 Å². The fourth-order valence-corrected chi connectivity index (χ4v) is 8.58. The molecule has 0 fully saturated rings. The maximum absolute atomic E-state index is 7.02. The molecule has 56 heavy (non-hydrogen) atoms. The Morgan fingerprint density at radius 1 is 0.304 bits per heavy atom. The molecule has 262 valence electrons. The van der Waals surface area contributed by atoms with Crippen LogP contribution in [-0.4, -0.2) is 0 Å². The molecule has 1 aromatic heterocycles. The summed E-state index contributed by atoms with van der Waals surface area (Å²) >= 11 is 0. The number of furan rings is 1. The first kappa shape index (κ1) is 32.0. The van der Waals surface area contributed by atoms with E-state index in [0.717, 1.165) is 60.9 Å². The van der Waals surface area contributed by atoms with Gasteiger partial charge in [-0.3, -0.25) is 0 Å². The quantitative estimate of drug-likeness (QED) is 0.160. The zero-order valence-electron chi connectivity index (χ0n) is 30.6. The van der Waals surface area contributed by atoms with Crippen LogP contribution in [0.4, 0.5) is 17.1 Å². The zero-order chi connectivity index (χ0) is 37.0. The normalized spacial score (nSPS) is 11.6. The number of benzene rings is 10. The number of hydrogen-bond acceptors (Lipinski definition) is 2. The Bertz CT molecular complexity index is 3220. The molecule has 0 bridgehead atoms. The second-order valence-corrected chi connectivity index (χ2v) is 14.5. The molecule has 0 amide bonds. The van der Waals surface area contributed by atoms with Crippen LogP contribution in [0.15, 0.2) is 217 Å². The Morgan fingerprint density at radius 2 is 0.804 bits per heavy atom. The number of rotatable bonds is 6. The standard InChI is InChI=1S/C54H35NO/c1-3-14-36(15-4-1)37-26-30-42(31-27-37)55(43-32-28-39(29-33-43)50-34-40-18-7-9-20-44(40)47-22-11-12-23-48(47)50)51-35-41-19-8-10-21-46(41)54-52(51)49-25-13-24-45(53(49)56-54)38-16-5-2-6-17-38/h1-35H. The molecule has 0 unspecified atom stereocenters. The van der Waals surface area contributed by atoms with E-state index in [0.29, 0.717) is 0 Å².